The van der Waals surface area contributed by atoms with Crippen molar-refractivity contribution in [3.63, 3.8) is 0 Å². The molecule has 2 aromatic rings. The molecule has 0 aliphatic heterocycles. The third-order valence-electron chi connectivity index (χ3n) is 4.05. The Morgan fingerprint density at radius 3 is 2.40 bits per heavy atom. The van der Waals surface area contributed by atoms with Crippen LogP contribution in [0.3, 0.4) is 0 Å². The SMILES string of the molecule is CCc1cn2nc([C@H](C)N(C)C(=O)OC(C)(C)C)cc2nc1OS(=O)(=O)C(F)(F)F. The first-order valence-corrected chi connectivity index (χ1v) is 10.3. The molecule has 0 aliphatic rings. The van der Waals surface area contributed by atoms with E-state index in [0.717, 1.165) is 0 Å². The Labute approximate surface area is 171 Å². The van der Waals surface area contributed by atoms with E-state index in [1.54, 1.807) is 34.6 Å². The number of alkyl halides is 3. The molecule has 2 rings (SSSR count). The van der Waals surface area contributed by atoms with Crippen LogP contribution in [0.5, 0.6) is 5.88 Å². The number of ether oxygens (including phenoxy) is 1. The molecule has 0 fully saturated rings. The number of rotatable bonds is 5. The van der Waals surface area contributed by atoms with Gasteiger partial charge in [-0.25, -0.2) is 9.31 Å². The lowest BCUT2D eigenvalue weighted by atomic mass is 10.2. The largest absolute Gasteiger partial charge is 0.534 e. The fraction of sp³-hybridized carbons (Fsp3) is 0.588. The van der Waals surface area contributed by atoms with Crippen molar-refractivity contribution in [3.8, 4) is 5.88 Å². The van der Waals surface area contributed by atoms with E-state index >= 15 is 0 Å². The second-order valence-corrected chi connectivity index (χ2v) is 9.09. The molecular formula is C17H23F3N4O5S. The number of carbonyl (C=O) groups is 1. The van der Waals surface area contributed by atoms with Crippen molar-refractivity contribution >= 4 is 21.9 Å². The number of amides is 1. The summed E-state index contributed by atoms with van der Waals surface area (Å²) in [6.45, 7) is 8.44. The van der Waals surface area contributed by atoms with Gasteiger partial charge in [0.15, 0.2) is 5.65 Å². The summed E-state index contributed by atoms with van der Waals surface area (Å²) in [5.74, 6) is -0.679. The average Bonchev–Trinajstić information content (AvgIpc) is 2.99. The molecule has 0 bridgehead atoms. The van der Waals surface area contributed by atoms with Crippen LogP contribution in [0.25, 0.3) is 5.65 Å². The van der Waals surface area contributed by atoms with Crippen LogP contribution in [0.1, 0.15) is 51.9 Å². The Balaban J connectivity index is 2.39. The Morgan fingerprint density at radius 2 is 1.90 bits per heavy atom. The summed E-state index contributed by atoms with van der Waals surface area (Å²) in [7, 11) is -4.35. The minimum atomic E-state index is -5.87. The van der Waals surface area contributed by atoms with E-state index in [1.165, 1.54) is 28.7 Å². The molecule has 2 aromatic heterocycles. The Morgan fingerprint density at radius 1 is 1.30 bits per heavy atom. The molecule has 0 N–H and O–H groups in total. The molecule has 0 aromatic carbocycles. The zero-order valence-electron chi connectivity index (χ0n) is 17.3. The van der Waals surface area contributed by atoms with E-state index in [2.05, 4.69) is 14.3 Å². The van der Waals surface area contributed by atoms with Gasteiger partial charge in [-0.1, -0.05) is 6.92 Å². The van der Waals surface area contributed by atoms with E-state index in [4.69, 9.17) is 4.74 Å². The van der Waals surface area contributed by atoms with Gasteiger partial charge in [-0.3, -0.25) is 0 Å². The van der Waals surface area contributed by atoms with Gasteiger partial charge in [0.25, 0.3) is 0 Å². The van der Waals surface area contributed by atoms with Gasteiger partial charge in [0.05, 0.1) is 11.7 Å². The molecule has 0 radical (unpaired) electrons. The molecule has 0 aliphatic carbocycles. The molecule has 0 saturated heterocycles. The van der Waals surface area contributed by atoms with Crippen molar-refractivity contribution in [3.05, 3.63) is 23.5 Å². The van der Waals surface area contributed by atoms with Crippen molar-refractivity contribution in [2.24, 2.45) is 0 Å². The van der Waals surface area contributed by atoms with Crippen LogP contribution < -0.4 is 4.18 Å². The Hall–Kier alpha value is -2.57. The highest BCUT2D eigenvalue weighted by molar-refractivity contribution is 7.87. The number of hydrogen-bond acceptors (Lipinski definition) is 7. The minimum Gasteiger partial charge on any atom is -0.444 e. The van der Waals surface area contributed by atoms with Crippen LogP contribution in [0.4, 0.5) is 18.0 Å². The normalized spacial score (nSPS) is 13.9. The molecular weight excluding hydrogens is 429 g/mol. The van der Waals surface area contributed by atoms with Gasteiger partial charge < -0.3 is 13.8 Å². The van der Waals surface area contributed by atoms with E-state index in [-0.39, 0.29) is 17.6 Å². The highest BCUT2D eigenvalue weighted by Gasteiger charge is 2.49. The molecule has 1 atom stereocenters. The van der Waals surface area contributed by atoms with Crippen LogP contribution in [0.15, 0.2) is 12.3 Å². The summed E-state index contributed by atoms with van der Waals surface area (Å²) in [6.07, 6.45) is 0.885. The first kappa shape index (κ1) is 23.7. The summed E-state index contributed by atoms with van der Waals surface area (Å²) < 4.78 is 71.5. The lowest BCUT2D eigenvalue weighted by Gasteiger charge is -2.27. The topological polar surface area (TPSA) is 103 Å². The number of aryl methyl sites for hydroxylation is 1. The van der Waals surface area contributed by atoms with E-state index in [1.807, 2.05) is 0 Å². The zero-order valence-corrected chi connectivity index (χ0v) is 18.1. The number of nitrogens with zero attached hydrogens (tertiary/aromatic N) is 4. The fourth-order valence-electron chi connectivity index (χ4n) is 2.32. The second kappa shape index (κ2) is 7.93. The van der Waals surface area contributed by atoms with Crippen LogP contribution >= 0.6 is 0 Å². The summed E-state index contributed by atoms with van der Waals surface area (Å²) >= 11 is 0. The first-order chi connectivity index (χ1) is 13.6. The fourth-order valence-corrected chi connectivity index (χ4v) is 2.77. The van der Waals surface area contributed by atoms with Crippen LogP contribution in [-0.4, -0.2) is 52.2 Å². The van der Waals surface area contributed by atoms with E-state index in [0.29, 0.717) is 5.69 Å². The highest BCUT2D eigenvalue weighted by atomic mass is 32.2. The van der Waals surface area contributed by atoms with Crippen molar-refractivity contribution in [2.45, 2.75) is 58.2 Å². The van der Waals surface area contributed by atoms with Crippen molar-refractivity contribution < 1.29 is 35.3 Å². The Bertz CT molecular complexity index is 1040. The first-order valence-electron chi connectivity index (χ1n) is 8.91. The molecule has 0 unspecified atom stereocenters. The maximum Gasteiger partial charge on any atom is 0.534 e. The van der Waals surface area contributed by atoms with E-state index in [9.17, 15) is 26.4 Å². The van der Waals surface area contributed by atoms with E-state index < -0.39 is 39.2 Å². The number of hydrogen-bond donors (Lipinski definition) is 0. The maximum absolute atomic E-state index is 12.7. The van der Waals surface area contributed by atoms with Crippen LogP contribution in [0.2, 0.25) is 0 Å². The van der Waals surface area contributed by atoms with Gasteiger partial charge in [0.1, 0.15) is 5.60 Å². The van der Waals surface area contributed by atoms with Crippen molar-refractivity contribution in [2.75, 3.05) is 7.05 Å². The van der Waals surface area contributed by atoms with Gasteiger partial charge in [0.2, 0.25) is 5.88 Å². The smallest absolute Gasteiger partial charge is 0.444 e. The predicted octanol–water partition coefficient (Wildman–Crippen LogP) is 3.45. The molecule has 30 heavy (non-hydrogen) atoms. The predicted molar refractivity (Wildman–Crippen MR) is 100 cm³/mol. The van der Waals surface area contributed by atoms with Gasteiger partial charge in [-0.2, -0.15) is 31.7 Å². The third-order valence-corrected chi connectivity index (χ3v) is 4.99. The summed E-state index contributed by atoms with van der Waals surface area (Å²) in [6, 6.07) is 0.854. The maximum atomic E-state index is 12.7. The number of fused-ring (bicyclic) bond motifs is 1. The van der Waals surface area contributed by atoms with Crippen LogP contribution in [-0.2, 0) is 21.3 Å². The van der Waals surface area contributed by atoms with Gasteiger partial charge in [-0.15, -0.1) is 0 Å². The Kier molecular flexibility index (Phi) is 6.27. The van der Waals surface area contributed by atoms with Gasteiger partial charge in [0, 0.05) is 24.9 Å². The van der Waals surface area contributed by atoms with Crippen LogP contribution in [0, 0.1) is 0 Å². The highest BCUT2D eigenvalue weighted by Crippen LogP contribution is 2.29. The molecule has 1 amide bonds. The summed E-state index contributed by atoms with van der Waals surface area (Å²) in [5.41, 5.74) is -5.74. The van der Waals surface area contributed by atoms with Gasteiger partial charge in [-0.05, 0) is 34.1 Å². The molecule has 9 nitrogen and oxygen atoms in total. The molecule has 168 valence electrons. The minimum absolute atomic E-state index is 0.0546. The zero-order chi connectivity index (χ0) is 23.1. The lowest BCUT2D eigenvalue weighted by molar-refractivity contribution is -0.0501. The summed E-state index contributed by atoms with van der Waals surface area (Å²) in [5, 5.41) is 4.29. The third kappa shape index (κ3) is 5.12. The number of aromatic nitrogens is 3. The molecule has 0 saturated carbocycles. The lowest BCUT2D eigenvalue weighted by Crippen LogP contribution is -2.35. The van der Waals surface area contributed by atoms with Crippen molar-refractivity contribution in [1.29, 1.82) is 0 Å². The quantitative estimate of drug-likeness (QED) is 0.506. The molecule has 0 spiro atoms. The summed E-state index contributed by atoms with van der Waals surface area (Å²) in [4.78, 5) is 17.4. The monoisotopic (exact) mass is 452 g/mol. The van der Waals surface area contributed by atoms with Gasteiger partial charge >= 0.3 is 21.7 Å². The average molecular weight is 452 g/mol. The molecule has 13 heteroatoms. The number of carbonyl (C=O) groups excluding carboxylic acids is 1. The second-order valence-electron chi connectivity index (χ2n) is 7.55. The number of halogens is 3. The molecule has 2 heterocycles. The standard InChI is InChI=1S/C17H23F3N4O5S/c1-7-11-9-24-13(21-14(11)29-30(26,27)17(18,19)20)8-12(22-24)10(2)23(6)15(25)28-16(3,4)5/h8-10H,7H2,1-6H3/t10-/m0/s1. The van der Waals surface area contributed by atoms with Crippen molar-refractivity contribution in [1.82, 2.24) is 19.5 Å².